The van der Waals surface area contributed by atoms with Gasteiger partial charge in [0.15, 0.2) is 0 Å². The van der Waals surface area contributed by atoms with Gasteiger partial charge in [0.2, 0.25) is 0 Å². The SMILES string of the molecule is CCCNC1CC(c2ccc(C#N)cc2)C1. The topological polar surface area (TPSA) is 35.8 Å². The van der Waals surface area contributed by atoms with Crippen LogP contribution in [-0.4, -0.2) is 12.6 Å². The fraction of sp³-hybridized carbons (Fsp3) is 0.500. The van der Waals surface area contributed by atoms with Crippen LogP contribution in [0, 0.1) is 11.3 Å². The van der Waals surface area contributed by atoms with Crippen molar-refractivity contribution in [3.8, 4) is 6.07 Å². The Labute approximate surface area is 97.3 Å². The van der Waals surface area contributed by atoms with Crippen molar-refractivity contribution in [1.82, 2.24) is 5.32 Å². The molecule has 1 N–H and O–H groups in total. The van der Waals surface area contributed by atoms with Crippen LogP contribution >= 0.6 is 0 Å². The van der Waals surface area contributed by atoms with Gasteiger partial charge in [0.1, 0.15) is 0 Å². The van der Waals surface area contributed by atoms with E-state index in [4.69, 9.17) is 5.26 Å². The van der Waals surface area contributed by atoms with Crippen LogP contribution in [0.15, 0.2) is 24.3 Å². The third-order valence-electron chi connectivity index (χ3n) is 3.33. The van der Waals surface area contributed by atoms with Gasteiger partial charge in [-0.05, 0) is 49.4 Å². The van der Waals surface area contributed by atoms with Crippen molar-refractivity contribution in [3.05, 3.63) is 35.4 Å². The van der Waals surface area contributed by atoms with Gasteiger partial charge in [0.05, 0.1) is 11.6 Å². The van der Waals surface area contributed by atoms with Gasteiger partial charge in [0, 0.05) is 6.04 Å². The molecule has 0 unspecified atom stereocenters. The Hall–Kier alpha value is -1.33. The Morgan fingerprint density at radius 3 is 2.56 bits per heavy atom. The molecule has 2 rings (SSSR count). The first-order valence-corrected chi connectivity index (χ1v) is 6.07. The monoisotopic (exact) mass is 214 g/mol. The lowest BCUT2D eigenvalue weighted by Crippen LogP contribution is -2.40. The van der Waals surface area contributed by atoms with Crippen LogP contribution in [0.3, 0.4) is 0 Å². The Kier molecular flexibility index (Phi) is 3.58. The molecule has 84 valence electrons. The normalized spacial score (nSPS) is 23.5. The molecule has 1 aliphatic rings. The molecular weight excluding hydrogens is 196 g/mol. The summed E-state index contributed by atoms with van der Waals surface area (Å²) in [5.74, 6) is 0.696. The fourth-order valence-corrected chi connectivity index (χ4v) is 2.23. The lowest BCUT2D eigenvalue weighted by molar-refractivity contribution is 0.292. The maximum Gasteiger partial charge on any atom is 0.0991 e. The molecule has 1 fully saturated rings. The Bertz CT molecular complexity index is 369. The molecule has 0 spiro atoms. The fourth-order valence-electron chi connectivity index (χ4n) is 2.23. The summed E-state index contributed by atoms with van der Waals surface area (Å²) in [7, 11) is 0. The molecule has 0 aliphatic heterocycles. The maximum atomic E-state index is 8.72. The minimum atomic E-state index is 0.696. The summed E-state index contributed by atoms with van der Waals surface area (Å²) >= 11 is 0. The summed E-state index contributed by atoms with van der Waals surface area (Å²) in [5.41, 5.74) is 2.14. The van der Waals surface area contributed by atoms with Gasteiger partial charge in [-0.15, -0.1) is 0 Å². The Morgan fingerprint density at radius 2 is 2.00 bits per heavy atom. The van der Waals surface area contributed by atoms with E-state index in [1.54, 1.807) is 0 Å². The zero-order valence-electron chi connectivity index (χ0n) is 9.74. The maximum absolute atomic E-state index is 8.72. The smallest absolute Gasteiger partial charge is 0.0991 e. The molecule has 1 aliphatic carbocycles. The molecule has 2 heteroatoms. The van der Waals surface area contributed by atoms with E-state index in [1.807, 2.05) is 12.1 Å². The van der Waals surface area contributed by atoms with Gasteiger partial charge in [0.25, 0.3) is 0 Å². The lowest BCUT2D eigenvalue weighted by atomic mass is 9.76. The summed E-state index contributed by atoms with van der Waals surface area (Å²) < 4.78 is 0. The Morgan fingerprint density at radius 1 is 1.31 bits per heavy atom. The Balaban J connectivity index is 1.84. The summed E-state index contributed by atoms with van der Waals surface area (Å²) in [5, 5.41) is 12.3. The molecule has 2 nitrogen and oxygen atoms in total. The first-order valence-electron chi connectivity index (χ1n) is 6.07. The molecule has 1 aromatic rings. The van der Waals surface area contributed by atoms with E-state index in [0.717, 1.165) is 12.1 Å². The summed E-state index contributed by atoms with van der Waals surface area (Å²) in [6.07, 6.45) is 3.69. The van der Waals surface area contributed by atoms with Crippen LogP contribution in [0.25, 0.3) is 0 Å². The summed E-state index contributed by atoms with van der Waals surface area (Å²) in [6, 6.07) is 10.9. The van der Waals surface area contributed by atoms with Gasteiger partial charge in [-0.3, -0.25) is 0 Å². The molecule has 16 heavy (non-hydrogen) atoms. The molecule has 0 saturated heterocycles. The van der Waals surface area contributed by atoms with Crippen LogP contribution in [0.4, 0.5) is 0 Å². The third kappa shape index (κ3) is 2.43. The van der Waals surface area contributed by atoms with Crippen LogP contribution in [0.2, 0.25) is 0 Å². The van der Waals surface area contributed by atoms with E-state index in [9.17, 15) is 0 Å². The molecule has 0 bridgehead atoms. The largest absolute Gasteiger partial charge is 0.314 e. The number of nitrogens with one attached hydrogen (secondary N) is 1. The van der Waals surface area contributed by atoms with Crippen molar-refractivity contribution in [2.24, 2.45) is 0 Å². The zero-order chi connectivity index (χ0) is 11.4. The van der Waals surface area contributed by atoms with E-state index in [1.165, 1.54) is 24.8 Å². The summed E-state index contributed by atoms with van der Waals surface area (Å²) in [4.78, 5) is 0. The first kappa shape index (κ1) is 11.2. The second-order valence-corrected chi connectivity index (χ2v) is 4.55. The number of benzene rings is 1. The molecule has 0 aromatic heterocycles. The van der Waals surface area contributed by atoms with Gasteiger partial charge in [-0.2, -0.15) is 5.26 Å². The minimum Gasteiger partial charge on any atom is -0.314 e. The molecule has 0 radical (unpaired) electrons. The van der Waals surface area contributed by atoms with E-state index in [0.29, 0.717) is 12.0 Å². The van der Waals surface area contributed by atoms with Gasteiger partial charge >= 0.3 is 0 Å². The highest BCUT2D eigenvalue weighted by Crippen LogP contribution is 2.36. The van der Waals surface area contributed by atoms with Crippen LogP contribution < -0.4 is 5.32 Å². The summed E-state index contributed by atoms with van der Waals surface area (Å²) in [6.45, 7) is 3.33. The van der Waals surface area contributed by atoms with Gasteiger partial charge in [-0.1, -0.05) is 19.1 Å². The van der Waals surface area contributed by atoms with E-state index in [2.05, 4.69) is 30.4 Å². The predicted molar refractivity (Wildman–Crippen MR) is 65.2 cm³/mol. The highest BCUT2D eigenvalue weighted by molar-refractivity contribution is 5.34. The second-order valence-electron chi connectivity index (χ2n) is 4.55. The van der Waals surface area contributed by atoms with Crippen LogP contribution in [-0.2, 0) is 0 Å². The lowest BCUT2D eigenvalue weighted by Gasteiger charge is -2.36. The van der Waals surface area contributed by atoms with Crippen molar-refractivity contribution in [3.63, 3.8) is 0 Å². The first-order chi connectivity index (χ1) is 7.83. The highest BCUT2D eigenvalue weighted by Gasteiger charge is 2.29. The van der Waals surface area contributed by atoms with Crippen molar-refractivity contribution in [1.29, 1.82) is 5.26 Å². The van der Waals surface area contributed by atoms with E-state index >= 15 is 0 Å². The molecular formula is C14H18N2. The van der Waals surface area contributed by atoms with Crippen LogP contribution in [0.5, 0.6) is 0 Å². The molecule has 1 aromatic carbocycles. The molecule has 0 amide bonds. The third-order valence-corrected chi connectivity index (χ3v) is 3.33. The van der Waals surface area contributed by atoms with Crippen molar-refractivity contribution in [2.45, 2.75) is 38.1 Å². The quantitative estimate of drug-likeness (QED) is 0.836. The number of rotatable bonds is 4. The standard InChI is InChI=1S/C14H18N2/c1-2-7-16-14-8-13(9-14)12-5-3-11(10-15)4-6-12/h3-6,13-14,16H,2,7-9H2,1H3. The van der Waals surface area contributed by atoms with Crippen molar-refractivity contribution < 1.29 is 0 Å². The van der Waals surface area contributed by atoms with Gasteiger partial charge < -0.3 is 5.32 Å². The van der Waals surface area contributed by atoms with Gasteiger partial charge in [-0.25, -0.2) is 0 Å². The average molecular weight is 214 g/mol. The second kappa shape index (κ2) is 5.14. The molecule has 0 heterocycles. The van der Waals surface area contributed by atoms with Crippen molar-refractivity contribution >= 4 is 0 Å². The number of hydrogen-bond donors (Lipinski definition) is 1. The predicted octanol–water partition coefficient (Wildman–Crippen LogP) is 2.80. The number of nitrogens with zero attached hydrogens (tertiary/aromatic N) is 1. The number of hydrogen-bond acceptors (Lipinski definition) is 2. The number of nitriles is 1. The highest BCUT2D eigenvalue weighted by atomic mass is 14.9. The van der Waals surface area contributed by atoms with Crippen molar-refractivity contribution in [2.75, 3.05) is 6.54 Å². The molecule has 1 saturated carbocycles. The average Bonchev–Trinajstić information content (AvgIpc) is 2.28. The van der Waals surface area contributed by atoms with E-state index < -0.39 is 0 Å². The molecule has 0 atom stereocenters. The van der Waals surface area contributed by atoms with Crippen LogP contribution in [0.1, 0.15) is 43.2 Å². The minimum absolute atomic E-state index is 0.696. The van der Waals surface area contributed by atoms with E-state index in [-0.39, 0.29) is 0 Å². The zero-order valence-corrected chi connectivity index (χ0v) is 9.74.